The first-order valence-electron chi connectivity index (χ1n) is 6.49. The van der Waals surface area contributed by atoms with Crippen LogP contribution in [0.15, 0.2) is 24.3 Å². The van der Waals surface area contributed by atoms with Crippen LogP contribution in [0.25, 0.3) is 0 Å². The maximum absolute atomic E-state index is 11.6. The highest BCUT2D eigenvalue weighted by atomic mass is 16.5. The minimum atomic E-state index is -0.653. The molecule has 0 heterocycles. The van der Waals surface area contributed by atoms with E-state index in [9.17, 15) is 4.79 Å². The lowest BCUT2D eigenvalue weighted by atomic mass is 9.86. The molecule has 0 aliphatic rings. The van der Waals surface area contributed by atoms with Crippen molar-refractivity contribution < 1.29 is 14.3 Å². The summed E-state index contributed by atoms with van der Waals surface area (Å²) in [5.74, 6) is 0.563. The van der Waals surface area contributed by atoms with Crippen LogP contribution in [0.4, 0.5) is 0 Å². The summed E-state index contributed by atoms with van der Waals surface area (Å²) in [7, 11) is 1.40. The van der Waals surface area contributed by atoms with Crippen LogP contribution in [0.3, 0.4) is 0 Å². The minimum Gasteiger partial charge on any atom is -0.492 e. The summed E-state index contributed by atoms with van der Waals surface area (Å²) < 4.78 is 10.6. The van der Waals surface area contributed by atoms with Crippen molar-refractivity contribution >= 4 is 5.97 Å². The zero-order valence-corrected chi connectivity index (χ0v) is 12.7. The molecule has 0 aliphatic heterocycles. The van der Waals surface area contributed by atoms with E-state index in [1.807, 2.05) is 32.0 Å². The van der Waals surface area contributed by atoms with E-state index in [-0.39, 0.29) is 11.4 Å². The van der Waals surface area contributed by atoms with Crippen molar-refractivity contribution in [2.24, 2.45) is 5.41 Å². The fourth-order valence-corrected chi connectivity index (χ4v) is 1.81. The molecule has 0 saturated carbocycles. The summed E-state index contributed by atoms with van der Waals surface area (Å²) in [5, 5.41) is 0. The minimum absolute atomic E-state index is 0.00595. The molecule has 0 saturated heterocycles. The monoisotopic (exact) mass is 264 g/mol. The molecule has 106 valence electrons. The second-order valence-corrected chi connectivity index (χ2v) is 6.41. The summed E-state index contributed by atoms with van der Waals surface area (Å²) in [6, 6.07) is 7.93. The quantitative estimate of drug-likeness (QED) is 0.780. The third-order valence-corrected chi connectivity index (χ3v) is 3.02. The maximum Gasteiger partial charge on any atom is 0.314 e. The Morgan fingerprint density at radius 1 is 1.11 bits per heavy atom. The molecule has 0 aromatic heterocycles. The van der Waals surface area contributed by atoms with Crippen LogP contribution >= 0.6 is 0 Å². The molecule has 0 aliphatic carbocycles. The fourth-order valence-electron chi connectivity index (χ4n) is 1.81. The Balaban J connectivity index is 2.87. The number of ether oxygens (including phenoxy) is 2. The highest BCUT2D eigenvalue weighted by Crippen LogP contribution is 2.32. The molecule has 0 fully saturated rings. The van der Waals surface area contributed by atoms with Crippen LogP contribution in [-0.2, 0) is 14.9 Å². The molecule has 0 atom stereocenters. The van der Waals surface area contributed by atoms with Crippen molar-refractivity contribution in [2.75, 3.05) is 13.7 Å². The first kappa shape index (κ1) is 15.5. The second kappa shape index (κ2) is 5.64. The number of carbonyl (C=O) groups excluding carboxylic acids is 1. The van der Waals surface area contributed by atoms with Gasteiger partial charge in [-0.3, -0.25) is 4.79 Å². The summed E-state index contributed by atoms with van der Waals surface area (Å²) >= 11 is 0. The van der Waals surface area contributed by atoms with Crippen molar-refractivity contribution in [1.82, 2.24) is 0 Å². The molecule has 19 heavy (non-hydrogen) atoms. The Bertz CT molecular complexity index is 442. The molecule has 0 amide bonds. The largest absolute Gasteiger partial charge is 0.492 e. The van der Waals surface area contributed by atoms with Crippen LogP contribution in [-0.4, -0.2) is 19.7 Å². The topological polar surface area (TPSA) is 35.5 Å². The van der Waals surface area contributed by atoms with Gasteiger partial charge in [0.15, 0.2) is 0 Å². The lowest BCUT2D eigenvalue weighted by Crippen LogP contribution is -2.32. The zero-order valence-electron chi connectivity index (χ0n) is 12.7. The average molecular weight is 264 g/mol. The molecular weight excluding hydrogens is 240 g/mol. The van der Waals surface area contributed by atoms with Gasteiger partial charge in [-0.2, -0.15) is 0 Å². The van der Waals surface area contributed by atoms with Crippen molar-refractivity contribution in [3.63, 3.8) is 0 Å². The Hall–Kier alpha value is -1.51. The summed E-state index contributed by atoms with van der Waals surface area (Å²) in [6.45, 7) is 10.4. The summed E-state index contributed by atoms with van der Waals surface area (Å²) in [4.78, 5) is 11.6. The van der Waals surface area contributed by atoms with E-state index >= 15 is 0 Å². The van der Waals surface area contributed by atoms with Gasteiger partial charge in [0.2, 0.25) is 0 Å². The highest BCUT2D eigenvalue weighted by molar-refractivity contribution is 5.75. The van der Waals surface area contributed by atoms with Gasteiger partial charge in [0.05, 0.1) is 12.5 Å². The van der Waals surface area contributed by atoms with Gasteiger partial charge in [-0.05, 0) is 30.9 Å². The first-order chi connectivity index (χ1) is 8.68. The van der Waals surface area contributed by atoms with E-state index in [1.54, 1.807) is 0 Å². The van der Waals surface area contributed by atoms with Crippen LogP contribution in [0.5, 0.6) is 5.75 Å². The van der Waals surface area contributed by atoms with Gasteiger partial charge < -0.3 is 9.47 Å². The lowest BCUT2D eigenvalue weighted by molar-refractivity contribution is -0.152. The Morgan fingerprint density at radius 2 is 1.68 bits per heavy atom. The molecule has 3 heteroatoms. The summed E-state index contributed by atoms with van der Waals surface area (Å²) in [6.07, 6.45) is 0. The molecule has 1 aromatic carbocycles. The van der Waals surface area contributed by atoms with Gasteiger partial charge in [-0.1, -0.05) is 39.0 Å². The average Bonchev–Trinajstić information content (AvgIpc) is 2.34. The SMILES string of the molecule is COC(=O)C(C)(C)COc1ccccc1C(C)(C)C. The standard InChI is InChI=1S/C16H24O3/c1-15(2,3)12-9-7-8-10-13(12)19-11-16(4,5)14(17)18-6/h7-10H,11H2,1-6H3. The number of esters is 1. The normalized spacial score (nSPS) is 12.1. The van der Waals surface area contributed by atoms with Crippen molar-refractivity contribution in [1.29, 1.82) is 0 Å². The van der Waals surface area contributed by atoms with E-state index in [0.29, 0.717) is 6.61 Å². The highest BCUT2D eigenvalue weighted by Gasteiger charge is 2.30. The van der Waals surface area contributed by atoms with Crippen LogP contribution < -0.4 is 4.74 Å². The van der Waals surface area contributed by atoms with E-state index in [4.69, 9.17) is 9.47 Å². The van der Waals surface area contributed by atoms with Gasteiger partial charge in [0, 0.05) is 0 Å². The molecule has 0 N–H and O–H groups in total. The van der Waals surface area contributed by atoms with E-state index in [2.05, 4.69) is 26.8 Å². The molecule has 3 nitrogen and oxygen atoms in total. The Kier molecular flexibility index (Phi) is 4.61. The smallest absolute Gasteiger partial charge is 0.314 e. The molecule has 1 aromatic rings. The van der Waals surface area contributed by atoms with Gasteiger partial charge >= 0.3 is 5.97 Å². The second-order valence-electron chi connectivity index (χ2n) is 6.41. The van der Waals surface area contributed by atoms with Gasteiger partial charge in [-0.15, -0.1) is 0 Å². The van der Waals surface area contributed by atoms with Gasteiger partial charge in [0.1, 0.15) is 12.4 Å². The first-order valence-corrected chi connectivity index (χ1v) is 6.49. The Labute approximate surface area is 115 Å². The van der Waals surface area contributed by atoms with Gasteiger partial charge in [0.25, 0.3) is 0 Å². The predicted molar refractivity (Wildman–Crippen MR) is 76.4 cm³/mol. The number of hydrogen-bond donors (Lipinski definition) is 0. The zero-order chi connectivity index (χ0) is 14.7. The van der Waals surface area contributed by atoms with E-state index in [0.717, 1.165) is 11.3 Å². The van der Waals surface area contributed by atoms with Crippen LogP contribution in [0.2, 0.25) is 0 Å². The molecule has 1 rings (SSSR count). The lowest BCUT2D eigenvalue weighted by Gasteiger charge is -2.26. The molecular formula is C16H24O3. The molecule has 0 radical (unpaired) electrons. The third kappa shape index (κ3) is 3.98. The molecule has 0 unspecified atom stereocenters. The number of rotatable bonds is 4. The molecule has 0 spiro atoms. The maximum atomic E-state index is 11.6. The fraction of sp³-hybridized carbons (Fsp3) is 0.562. The van der Waals surface area contributed by atoms with Crippen molar-refractivity contribution in [3.8, 4) is 5.75 Å². The van der Waals surface area contributed by atoms with Crippen molar-refractivity contribution in [3.05, 3.63) is 29.8 Å². The van der Waals surface area contributed by atoms with E-state index < -0.39 is 5.41 Å². The Morgan fingerprint density at radius 3 is 2.21 bits per heavy atom. The van der Waals surface area contributed by atoms with E-state index in [1.165, 1.54) is 7.11 Å². The number of hydrogen-bond acceptors (Lipinski definition) is 3. The van der Waals surface area contributed by atoms with Crippen LogP contribution in [0, 0.1) is 5.41 Å². The van der Waals surface area contributed by atoms with Gasteiger partial charge in [-0.25, -0.2) is 0 Å². The number of methoxy groups -OCH3 is 1. The van der Waals surface area contributed by atoms with Crippen molar-refractivity contribution in [2.45, 2.75) is 40.0 Å². The summed E-state index contributed by atoms with van der Waals surface area (Å²) in [5.41, 5.74) is 0.488. The number of benzene rings is 1. The molecule has 0 bridgehead atoms. The van der Waals surface area contributed by atoms with Crippen LogP contribution in [0.1, 0.15) is 40.2 Å². The number of para-hydroxylation sites is 1. The third-order valence-electron chi connectivity index (χ3n) is 3.02. The number of carbonyl (C=O) groups is 1. The predicted octanol–water partition coefficient (Wildman–Crippen LogP) is 3.56.